The van der Waals surface area contributed by atoms with Crippen LogP contribution in [0.15, 0.2) is 41.4 Å². The zero-order chi connectivity index (χ0) is 15.8. The summed E-state index contributed by atoms with van der Waals surface area (Å²) in [5.41, 5.74) is 4.56. The van der Waals surface area contributed by atoms with Crippen LogP contribution in [0.3, 0.4) is 0 Å². The topological polar surface area (TPSA) is 59.2 Å². The van der Waals surface area contributed by atoms with E-state index < -0.39 is 0 Å². The molecule has 2 heterocycles. The number of aromatic nitrogens is 2. The zero-order valence-corrected chi connectivity index (χ0v) is 13.0. The van der Waals surface area contributed by atoms with Crippen molar-refractivity contribution in [3.05, 3.63) is 53.7 Å². The number of anilines is 1. The largest absolute Gasteiger partial charge is 0.464 e. The van der Waals surface area contributed by atoms with Gasteiger partial charge in [-0.25, -0.2) is 4.98 Å². The standard InChI is InChI=1S/C18H17N3O2/c1-21(17-10-19-5-6-20-17)18(22)9-14-11-23-16-8-13-4-2-3-12(13)7-15(14)16/h5-8,10-11H,2-4,9H2,1H3. The Morgan fingerprint density at radius 2 is 2.09 bits per heavy atom. The molecule has 1 aromatic carbocycles. The molecule has 4 rings (SSSR count). The Bertz CT molecular complexity index is 871. The first-order valence-electron chi connectivity index (χ1n) is 7.77. The van der Waals surface area contributed by atoms with Crippen LogP contribution in [0.5, 0.6) is 0 Å². The molecule has 0 atom stereocenters. The number of rotatable bonds is 3. The van der Waals surface area contributed by atoms with Crippen molar-refractivity contribution in [2.45, 2.75) is 25.7 Å². The fraction of sp³-hybridized carbons (Fsp3) is 0.278. The van der Waals surface area contributed by atoms with E-state index in [-0.39, 0.29) is 5.91 Å². The number of furan rings is 1. The van der Waals surface area contributed by atoms with Gasteiger partial charge < -0.3 is 4.42 Å². The van der Waals surface area contributed by atoms with E-state index in [0.29, 0.717) is 12.2 Å². The SMILES string of the molecule is CN(C(=O)Cc1coc2cc3c(cc12)CCC3)c1cnccn1. The Balaban J connectivity index is 1.61. The van der Waals surface area contributed by atoms with Crippen molar-refractivity contribution in [3.8, 4) is 0 Å². The predicted molar refractivity (Wildman–Crippen MR) is 87.4 cm³/mol. The third kappa shape index (κ3) is 2.48. The van der Waals surface area contributed by atoms with Gasteiger partial charge in [-0.3, -0.25) is 14.7 Å². The average Bonchev–Trinajstić information content (AvgIpc) is 3.19. The molecule has 3 aromatic rings. The van der Waals surface area contributed by atoms with Crippen LogP contribution in [0.4, 0.5) is 5.82 Å². The first kappa shape index (κ1) is 13.9. The van der Waals surface area contributed by atoms with Crippen LogP contribution in [-0.4, -0.2) is 22.9 Å². The summed E-state index contributed by atoms with van der Waals surface area (Å²) in [5.74, 6) is 0.514. The molecule has 0 saturated carbocycles. The first-order chi connectivity index (χ1) is 11.2. The summed E-state index contributed by atoms with van der Waals surface area (Å²) in [5, 5.41) is 1.05. The highest BCUT2D eigenvalue weighted by molar-refractivity contribution is 5.96. The third-order valence-corrected chi connectivity index (χ3v) is 4.48. The summed E-state index contributed by atoms with van der Waals surface area (Å²) >= 11 is 0. The van der Waals surface area contributed by atoms with Crippen LogP contribution in [0.1, 0.15) is 23.1 Å². The molecule has 2 aromatic heterocycles. The van der Waals surface area contributed by atoms with Crippen LogP contribution in [0.25, 0.3) is 11.0 Å². The van der Waals surface area contributed by atoms with Gasteiger partial charge in [0.15, 0.2) is 5.82 Å². The molecule has 1 amide bonds. The maximum absolute atomic E-state index is 12.5. The highest BCUT2D eigenvalue weighted by atomic mass is 16.3. The lowest BCUT2D eigenvalue weighted by atomic mass is 10.0. The van der Waals surface area contributed by atoms with Crippen LogP contribution in [-0.2, 0) is 24.1 Å². The molecule has 5 nitrogen and oxygen atoms in total. The highest BCUT2D eigenvalue weighted by Crippen LogP contribution is 2.30. The van der Waals surface area contributed by atoms with Gasteiger partial charge in [0.2, 0.25) is 5.91 Å². The van der Waals surface area contributed by atoms with E-state index in [9.17, 15) is 4.79 Å². The maximum Gasteiger partial charge on any atom is 0.232 e. The average molecular weight is 307 g/mol. The second kappa shape index (κ2) is 5.50. The second-order valence-electron chi connectivity index (χ2n) is 5.92. The summed E-state index contributed by atoms with van der Waals surface area (Å²) in [7, 11) is 1.71. The minimum Gasteiger partial charge on any atom is -0.464 e. The lowest BCUT2D eigenvalue weighted by Crippen LogP contribution is -2.28. The van der Waals surface area contributed by atoms with Crippen molar-refractivity contribution in [3.63, 3.8) is 0 Å². The number of hydrogen-bond acceptors (Lipinski definition) is 4. The maximum atomic E-state index is 12.5. The number of carbonyl (C=O) groups excluding carboxylic acids is 1. The number of likely N-dealkylation sites (N-methyl/N-ethyl adjacent to an activating group) is 1. The molecular weight excluding hydrogens is 290 g/mol. The fourth-order valence-corrected chi connectivity index (χ4v) is 3.16. The third-order valence-electron chi connectivity index (χ3n) is 4.48. The van der Waals surface area contributed by atoms with Gasteiger partial charge in [0.25, 0.3) is 0 Å². The molecule has 0 saturated heterocycles. The molecule has 0 fully saturated rings. The number of aryl methyl sites for hydroxylation is 2. The zero-order valence-electron chi connectivity index (χ0n) is 13.0. The summed E-state index contributed by atoms with van der Waals surface area (Å²) in [4.78, 5) is 22.2. The summed E-state index contributed by atoms with van der Waals surface area (Å²) in [6.45, 7) is 0. The van der Waals surface area contributed by atoms with Gasteiger partial charge in [-0.15, -0.1) is 0 Å². The Kier molecular flexibility index (Phi) is 3.33. The summed E-state index contributed by atoms with van der Waals surface area (Å²) in [6, 6.07) is 4.31. The molecule has 1 aliphatic rings. The highest BCUT2D eigenvalue weighted by Gasteiger charge is 2.19. The van der Waals surface area contributed by atoms with Gasteiger partial charge in [-0.05, 0) is 42.5 Å². The van der Waals surface area contributed by atoms with E-state index in [1.807, 2.05) is 0 Å². The molecule has 0 bridgehead atoms. The van der Waals surface area contributed by atoms with Gasteiger partial charge in [0.1, 0.15) is 5.58 Å². The normalized spacial score (nSPS) is 13.3. The number of benzene rings is 1. The molecule has 0 N–H and O–H groups in total. The molecule has 1 aliphatic carbocycles. The molecular formula is C18H17N3O2. The Labute approximate surface area is 134 Å². The molecule has 0 radical (unpaired) electrons. The fourth-order valence-electron chi connectivity index (χ4n) is 3.16. The van der Waals surface area contributed by atoms with Crippen molar-refractivity contribution in [1.82, 2.24) is 9.97 Å². The van der Waals surface area contributed by atoms with E-state index in [4.69, 9.17) is 4.42 Å². The summed E-state index contributed by atoms with van der Waals surface area (Å²) < 4.78 is 5.66. The monoisotopic (exact) mass is 307 g/mol. The van der Waals surface area contributed by atoms with Crippen LogP contribution in [0.2, 0.25) is 0 Å². The molecule has 116 valence electrons. The van der Waals surface area contributed by atoms with Crippen molar-refractivity contribution >= 4 is 22.7 Å². The van der Waals surface area contributed by atoms with Gasteiger partial charge >= 0.3 is 0 Å². The number of hydrogen-bond donors (Lipinski definition) is 0. The Morgan fingerprint density at radius 3 is 2.87 bits per heavy atom. The number of fused-ring (bicyclic) bond motifs is 2. The minimum absolute atomic E-state index is 0.0336. The molecule has 5 heteroatoms. The van der Waals surface area contributed by atoms with E-state index in [1.165, 1.54) is 22.4 Å². The van der Waals surface area contributed by atoms with Crippen LogP contribution < -0.4 is 4.90 Å². The molecule has 0 aliphatic heterocycles. The summed E-state index contributed by atoms with van der Waals surface area (Å²) in [6.07, 6.45) is 10.2. The van der Waals surface area contributed by atoms with Gasteiger partial charge in [-0.1, -0.05) is 0 Å². The van der Waals surface area contributed by atoms with E-state index in [2.05, 4.69) is 22.1 Å². The van der Waals surface area contributed by atoms with Gasteiger partial charge in [0, 0.05) is 30.4 Å². The van der Waals surface area contributed by atoms with Gasteiger partial charge in [-0.2, -0.15) is 0 Å². The number of nitrogens with zero attached hydrogens (tertiary/aromatic N) is 3. The van der Waals surface area contributed by atoms with Crippen molar-refractivity contribution in [2.75, 3.05) is 11.9 Å². The molecule has 0 unspecified atom stereocenters. The second-order valence-corrected chi connectivity index (χ2v) is 5.92. The van der Waals surface area contributed by atoms with Crippen molar-refractivity contribution < 1.29 is 9.21 Å². The smallest absolute Gasteiger partial charge is 0.232 e. The van der Waals surface area contributed by atoms with E-state index in [1.54, 1.807) is 31.9 Å². The Hall–Kier alpha value is -2.69. The quantitative estimate of drug-likeness (QED) is 0.746. The van der Waals surface area contributed by atoms with Crippen LogP contribution >= 0.6 is 0 Å². The molecule has 0 spiro atoms. The van der Waals surface area contributed by atoms with Gasteiger partial charge in [0.05, 0.1) is 18.9 Å². The first-order valence-corrected chi connectivity index (χ1v) is 7.77. The Morgan fingerprint density at radius 1 is 1.26 bits per heavy atom. The lowest BCUT2D eigenvalue weighted by Gasteiger charge is -2.15. The van der Waals surface area contributed by atoms with Crippen molar-refractivity contribution in [1.29, 1.82) is 0 Å². The minimum atomic E-state index is -0.0336. The van der Waals surface area contributed by atoms with Crippen LogP contribution in [0, 0.1) is 0 Å². The number of carbonyl (C=O) groups is 1. The van der Waals surface area contributed by atoms with Crippen molar-refractivity contribution in [2.24, 2.45) is 0 Å². The predicted octanol–water partition coefficient (Wildman–Crippen LogP) is 2.92. The molecule has 23 heavy (non-hydrogen) atoms. The van der Waals surface area contributed by atoms with E-state index in [0.717, 1.165) is 29.4 Å². The number of amides is 1. The van der Waals surface area contributed by atoms with E-state index >= 15 is 0 Å². The lowest BCUT2D eigenvalue weighted by molar-refractivity contribution is -0.117.